The van der Waals surface area contributed by atoms with Crippen LogP contribution in [-0.4, -0.2) is 35.7 Å². The first-order chi connectivity index (χ1) is 9.59. The third-order valence-corrected chi connectivity index (χ3v) is 5.01. The zero-order valence-corrected chi connectivity index (χ0v) is 12.9. The molecular formula is C16H30N2O2. The van der Waals surface area contributed by atoms with Crippen molar-refractivity contribution in [3.63, 3.8) is 0 Å². The van der Waals surface area contributed by atoms with Crippen molar-refractivity contribution in [3.05, 3.63) is 0 Å². The first-order valence-electron chi connectivity index (χ1n) is 8.32. The zero-order chi connectivity index (χ0) is 14.5. The molecule has 0 aromatic rings. The van der Waals surface area contributed by atoms with E-state index in [4.69, 9.17) is 0 Å². The Bertz CT molecular complexity index is 314. The van der Waals surface area contributed by atoms with Crippen molar-refractivity contribution in [1.29, 1.82) is 0 Å². The lowest BCUT2D eigenvalue weighted by molar-refractivity contribution is -0.141. The van der Waals surface area contributed by atoms with E-state index in [0.717, 1.165) is 13.0 Å². The van der Waals surface area contributed by atoms with Gasteiger partial charge in [0.05, 0.1) is 0 Å². The Balaban J connectivity index is 2.00. The third kappa shape index (κ3) is 3.95. The first-order valence-corrected chi connectivity index (χ1v) is 8.32. The molecule has 20 heavy (non-hydrogen) atoms. The van der Waals surface area contributed by atoms with Gasteiger partial charge < -0.3 is 15.7 Å². The van der Waals surface area contributed by atoms with E-state index in [9.17, 15) is 9.90 Å². The lowest BCUT2D eigenvalue weighted by Crippen LogP contribution is -2.55. The minimum Gasteiger partial charge on any atom is -0.480 e. The lowest BCUT2D eigenvalue weighted by atomic mass is 9.76. The first kappa shape index (κ1) is 15.8. The van der Waals surface area contributed by atoms with Crippen molar-refractivity contribution >= 4 is 5.97 Å². The standard InChI is InChI=1S/C16H30N2O2/c1-11(2)15(16(19)20)18-14-9-4-3-7-12(14)13-8-5-6-10-17-13/h11-15,17-18H,3-10H2,1-2H3,(H,19,20). The maximum atomic E-state index is 11.4. The van der Waals surface area contributed by atoms with Gasteiger partial charge in [0.1, 0.15) is 6.04 Å². The Hall–Kier alpha value is -0.610. The number of aliphatic carboxylic acids is 1. The highest BCUT2D eigenvalue weighted by Crippen LogP contribution is 2.31. The second kappa shape index (κ2) is 7.41. The second-order valence-electron chi connectivity index (χ2n) is 6.84. The monoisotopic (exact) mass is 282 g/mol. The number of rotatable bonds is 5. The van der Waals surface area contributed by atoms with Crippen LogP contribution in [0.15, 0.2) is 0 Å². The molecule has 0 radical (unpaired) electrons. The number of nitrogens with one attached hydrogen (secondary N) is 2. The van der Waals surface area contributed by atoms with E-state index < -0.39 is 12.0 Å². The van der Waals surface area contributed by atoms with E-state index in [1.54, 1.807) is 0 Å². The Kier molecular flexibility index (Phi) is 5.85. The number of hydrogen-bond acceptors (Lipinski definition) is 3. The Morgan fingerprint density at radius 1 is 1.15 bits per heavy atom. The Morgan fingerprint density at radius 2 is 1.85 bits per heavy atom. The van der Waals surface area contributed by atoms with E-state index in [-0.39, 0.29) is 5.92 Å². The molecule has 4 atom stereocenters. The van der Waals surface area contributed by atoms with Crippen LogP contribution in [0.25, 0.3) is 0 Å². The Labute approximate surface area is 122 Å². The van der Waals surface area contributed by atoms with Crippen molar-refractivity contribution in [3.8, 4) is 0 Å². The van der Waals surface area contributed by atoms with Crippen LogP contribution in [0.1, 0.15) is 58.8 Å². The number of carboxylic acid groups (broad SMARTS) is 1. The van der Waals surface area contributed by atoms with Gasteiger partial charge in [-0.1, -0.05) is 33.1 Å². The molecule has 2 rings (SSSR count). The molecule has 116 valence electrons. The maximum Gasteiger partial charge on any atom is 0.320 e. The molecule has 0 aromatic heterocycles. The van der Waals surface area contributed by atoms with Crippen LogP contribution in [0.5, 0.6) is 0 Å². The van der Waals surface area contributed by atoms with Gasteiger partial charge in [-0.05, 0) is 44.1 Å². The number of carboxylic acids is 1. The SMILES string of the molecule is CC(C)C(NC1CCCCC1C1CCCCN1)C(=O)O. The molecule has 2 aliphatic rings. The lowest BCUT2D eigenvalue weighted by Gasteiger charge is -2.41. The molecule has 0 aromatic carbocycles. The largest absolute Gasteiger partial charge is 0.480 e. The summed E-state index contributed by atoms with van der Waals surface area (Å²) in [6, 6.07) is 0.537. The molecule has 0 amide bonds. The molecule has 0 bridgehead atoms. The number of hydrogen-bond donors (Lipinski definition) is 3. The topological polar surface area (TPSA) is 61.4 Å². The highest BCUT2D eigenvalue weighted by atomic mass is 16.4. The quantitative estimate of drug-likeness (QED) is 0.724. The molecule has 0 spiro atoms. The van der Waals surface area contributed by atoms with Gasteiger partial charge in [0, 0.05) is 12.1 Å². The highest BCUT2D eigenvalue weighted by Gasteiger charge is 2.35. The zero-order valence-electron chi connectivity index (χ0n) is 12.9. The van der Waals surface area contributed by atoms with Crippen LogP contribution in [0.4, 0.5) is 0 Å². The summed E-state index contributed by atoms with van der Waals surface area (Å²) in [7, 11) is 0. The predicted molar refractivity (Wildman–Crippen MR) is 80.8 cm³/mol. The summed E-state index contributed by atoms with van der Waals surface area (Å²) >= 11 is 0. The van der Waals surface area contributed by atoms with Gasteiger partial charge in [-0.3, -0.25) is 4.79 Å². The average Bonchev–Trinajstić information content (AvgIpc) is 2.45. The van der Waals surface area contributed by atoms with Gasteiger partial charge in [-0.15, -0.1) is 0 Å². The van der Waals surface area contributed by atoms with Crippen molar-refractivity contribution in [2.24, 2.45) is 11.8 Å². The van der Waals surface area contributed by atoms with Crippen molar-refractivity contribution in [2.45, 2.75) is 76.9 Å². The smallest absolute Gasteiger partial charge is 0.320 e. The summed E-state index contributed by atoms with van der Waals surface area (Å²) in [5.74, 6) is 0.0277. The molecule has 4 nitrogen and oxygen atoms in total. The highest BCUT2D eigenvalue weighted by molar-refractivity contribution is 5.73. The van der Waals surface area contributed by atoms with E-state index in [1.807, 2.05) is 13.8 Å². The van der Waals surface area contributed by atoms with Crippen LogP contribution >= 0.6 is 0 Å². The van der Waals surface area contributed by atoms with E-state index in [1.165, 1.54) is 38.5 Å². The van der Waals surface area contributed by atoms with Crippen LogP contribution < -0.4 is 10.6 Å². The van der Waals surface area contributed by atoms with Crippen LogP contribution in [0.2, 0.25) is 0 Å². The molecule has 2 fully saturated rings. The molecule has 1 heterocycles. The minimum absolute atomic E-state index is 0.134. The number of piperidine rings is 1. The summed E-state index contributed by atoms with van der Waals surface area (Å²) in [6.45, 7) is 5.10. The fourth-order valence-electron chi connectivity index (χ4n) is 3.87. The average molecular weight is 282 g/mol. The fourth-order valence-corrected chi connectivity index (χ4v) is 3.87. The maximum absolute atomic E-state index is 11.4. The predicted octanol–water partition coefficient (Wildman–Crippen LogP) is 2.39. The van der Waals surface area contributed by atoms with Crippen molar-refractivity contribution < 1.29 is 9.90 Å². The van der Waals surface area contributed by atoms with Crippen LogP contribution in [-0.2, 0) is 4.79 Å². The van der Waals surface area contributed by atoms with Gasteiger partial charge in [-0.25, -0.2) is 0 Å². The van der Waals surface area contributed by atoms with Crippen LogP contribution in [0, 0.1) is 11.8 Å². The Morgan fingerprint density at radius 3 is 2.45 bits per heavy atom. The van der Waals surface area contributed by atoms with Crippen LogP contribution in [0.3, 0.4) is 0 Å². The second-order valence-corrected chi connectivity index (χ2v) is 6.84. The molecule has 1 aliphatic carbocycles. The van der Waals surface area contributed by atoms with Gasteiger partial charge in [0.25, 0.3) is 0 Å². The molecule has 3 N–H and O–H groups in total. The van der Waals surface area contributed by atoms with Gasteiger partial charge >= 0.3 is 5.97 Å². The normalized spacial score (nSPS) is 33.0. The van der Waals surface area contributed by atoms with Gasteiger partial charge in [0.2, 0.25) is 0 Å². The van der Waals surface area contributed by atoms with Crippen molar-refractivity contribution in [2.75, 3.05) is 6.54 Å². The summed E-state index contributed by atoms with van der Waals surface area (Å²) in [5.41, 5.74) is 0. The molecular weight excluding hydrogens is 252 g/mol. The third-order valence-electron chi connectivity index (χ3n) is 5.01. The fraction of sp³-hybridized carbons (Fsp3) is 0.938. The summed E-state index contributed by atoms with van der Waals surface area (Å²) < 4.78 is 0. The molecule has 4 unspecified atom stereocenters. The molecule has 1 saturated heterocycles. The van der Waals surface area contributed by atoms with Gasteiger partial charge in [-0.2, -0.15) is 0 Å². The molecule has 1 saturated carbocycles. The summed E-state index contributed by atoms with van der Waals surface area (Å²) in [6.07, 6.45) is 8.73. The van der Waals surface area contributed by atoms with E-state index in [2.05, 4.69) is 10.6 Å². The summed E-state index contributed by atoms with van der Waals surface area (Å²) in [4.78, 5) is 11.4. The molecule has 1 aliphatic heterocycles. The van der Waals surface area contributed by atoms with E-state index >= 15 is 0 Å². The number of carbonyl (C=O) groups is 1. The molecule has 4 heteroatoms. The van der Waals surface area contributed by atoms with Crippen molar-refractivity contribution in [1.82, 2.24) is 10.6 Å². The van der Waals surface area contributed by atoms with E-state index in [0.29, 0.717) is 18.0 Å². The summed E-state index contributed by atoms with van der Waals surface area (Å²) in [5, 5.41) is 16.5. The minimum atomic E-state index is -0.707. The van der Waals surface area contributed by atoms with Gasteiger partial charge in [0.15, 0.2) is 0 Å².